The molecule has 12 aromatic rings. The highest BCUT2D eigenvalue weighted by atomic mass is 15.0. The van der Waals surface area contributed by atoms with Crippen molar-refractivity contribution in [3.05, 3.63) is 243 Å². The Morgan fingerprint density at radius 1 is 0.177 bits per heavy atom. The molecule has 0 atom stereocenters. The average Bonchev–Trinajstić information content (AvgIpc) is 3.87. The maximum atomic E-state index is 2.43. The van der Waals surface area contributed by atoms with Gasteiger partial charge < -0.3 is 9.13 Å². The molecule has 0 amide bonds. The second kappa shape index (κ2) is 14.8. The van der Waals surface area contributed by atoms with Crippen molar-refractivity contribution in [3.63, 3.8) is 0 Å². The second-order valence-electron chi connectivity index (χ2n) is 16.2. The van der Waals surface area contributed by atoms with Crippen molar-refractivity contribution in [2.24, 2.45) is 0 Å². The van der Waals surface area contributed by atoms with E-state index in [9.17, 15) is 0 Å². The van der Waals surface area contributed by atoms with Crippen molar-refractivity contribution in [1.82, 2.24) is 9.13 Å². The van der Waals surface area contributed by atoms with E-state index >= 15 is 0 Å². The summed E-state index contributed by atoms with van der Waals surface area (Å²) in [6.07, 6.45) is 0. The van der Waals surface area contributed by atoms with Gasteiger partial charge in [0.15, 0.2) is 0 Å². The molecule has 0 fully saturated rings. The number of hydrogen-bond donors (Lipinski definition) is 0. The van der Waals surface area contributed by atoms with Crippen LogP contribution in [0.25, 0.3) is 111 Å². The predicted octanol–water partition coefficient (Wildman–Crippen LogP) is 16.2. The Balaban J connectivity index is 0.957. The molecule has 0 aliphatic carbocycles. The van der Waals surface area contributed by atoms with Crippen LogP contribution < -0.4 is 0 Å². The summed E-state index contributed by atoms with van der Waals surface area (Å²) in [5.74, 6) is 0. The van der Waals surface area contributed by atoms with Gasteiger partial charge in [-0.05, 0) is 116 Å². The van der Waals surface area contributed by atoms with Crippen LogP contribution in [-0.4, -0.2) is 9.13 Å². The van der Waals surface area contributed by atoms with Gasteiger partial charge in [-0.25, -0.2) is 0 Å². The minimum atomic E-state index is 1.14. The molecule has 0 unspecified atom stereocenters. The second-order valence-corrected chi connectivity index (χ2v) is 16.2. The van der Waals surface area contributed by atoms with Gasteiger partial charge in [-0.15, -0.1) is 0 Å². The third-order valence-electron chi connectivity index (χ3n) is 12.6. The number of benzene rings is 10. The smallest absolute Gasteiger partial charge is 0.0547 e. The van der Waals surface area contributed by atoms with Crippen molar-refractivity contribution in [3.8, 4) is 67.0 Å². The first kappa shape index (κ1) is 35.7. The van der Waals surface area contributed by atoms with Gasteiger partial charge in [-0.2, -0.15) is 0 Å². The topological polar surface area (TPSA) is 9.86 Å². The Morgan fingerprint density at radius 3 is 0.968 bits per heavy atom. The lowest BCUT2D eigenvalue weighted by atomic mass is 9.99. The Bertz CT molecular complexity index is 3560. The van der Waals surface area contributed by atoms with Crippen molar-refractivity contribution >= 4 is 43.6 Å². The number of nitrogens with zero attached hydrogens (tertiary/aromatic N) is 2. The van der Waals surface area contributed by atoms with Gasteiger partial charge in [-0.3, -0.25) is 0 Å². The normalized spacial score (nSPS) is 11.5. The molecule has 2 nitrogen and oxygen atoms in total. The fraction of sp³-hybridized carbons (Fsp3) is 0. The fourth-order valence-corrected chi connectivity index (χ4v) is 9.44. The van der Waals surface area contributed by atoms with Crippen LogP contribution in [0.3, 0.4) is 0 Å². The molecule has 0 saturated heterocycles. The zero-order valence-electron chi connectivity index (χ0n) is 34.0. The fourth-order valence-electron chi connectivity index (χ4n) is 9.44. The van der Waals surface area contributed by atoms with Crippen LogP contribution in [-0.2, 0) is 0 Å². The van der Waals surface area contributed by atoms with E-state index in [-0.39, 0.29) is 0 Å². The molecule has 2 heterocycles. The number of rotatable bonds is 7. The Morgan fingerprint density at radius 2 is 0.484 bits per heavy atom. The molecule has 0 radical (unpaired) electrons. The molecular weight excluding hydrogens is 749 g/mol. The van der Waals surface area contributed by atoms with Gasteiger partial charge >= 0.3 is 0 Å². The molecule has 0 spiro atoms. The number of aromatic nitrogens is 2. The molecule has 62 heavy (non-hydrogen) atoms. The summed E-state index contributed by atoms with van der Waals surface area (Å²) in [5, 5.41) is 4.96. The average molecular weight is 789 g/mol. The summed E-state index contributed by atoms with van der Waals surface area (Å²) in [6, 6.07) is 88.4. The van der Waals surface area contributed by atoms with Gasteiger partial charge in [0.25, 0.3) is 0 Å². The third-order valence-corrected chi connectivity index (χ3v) is 12.6. The number of para-hydroxylation sites is 1. The van der Waals surface area contributed by atoms with Gasteiger partial charge in [0.05, 0.1) is 22.1 Å². The molecule has 0 bridgehead atoms. The van der Waals surface area contributed by atoms with Gasteiger partial charge in [0.2, 0.25) is 0 Å². The minimum absolute atomic E-state index is 1.14. The molecule has 0 aliphatic heterocycles. The van der Waals surface area contributed by atoms with E-state index in [0.717, 1.165) is 11.4 Å². The van der Waals surface area contributed by atoms with E-state index in [2.05, 4.69) is 252 Å². The van der Waals surface area contributed by atoms with Crippen LogP contribution in [0, 0.1) is 0 Å². The van der Waals surface area contributed by atoms with Crippen LogP contribution in [0.5, 0.6) is 0 Å². The summed E-state index contributed by atoms with van der Waals surface area (Å²) in [7, 11) is 0. The van der Waals surface area contributed by atoms with E-state index in [0.29, 0.717) is 0 Å². The minimum Gasteiger partial charge on any atom is -0.309 e. The van der Waals surface area contributed by atoms with E-state index in [1.165, 1.54) is 99.2 Å². The maximum absolute atomic E-state index is 2.43. The molecule has 2 aromatic heterocycles. The van der Waals surface area contributed by atoms with Crippen LogP contribution in [0.4, 0.5) is 0 Å². The van der Waals surface area contributed by atoms with E-state index in [4.69, 9.17) is 0 Å². The zero-order valence-corrected chi connectivity index (χ0v) is 34.0. The number of hydrogen-bond acceptors (Lipinski definition) is 0. The molecule has 0 N–H and O–H groups in total. The van der Waals surface area contributed by atoms with Crippen molar-refractivity contribution in [2.75, 3.05) is 0 Å². The standard InChI is InChI=1S/C60H40N2/c1-4-12-41(13-5-1)44-20-22-45(23-21-44)47-26-33-52(34-27-47)62-59-37-30-49(39-56(59)54-35-28-50(40-60(54)62)43-16-8-3-9-17-43)48-29-36-58-55(38-48)53-18-10-11-19-57(53)61(58)51-31-24-46(25-32-51)42-14-6-2-7-15-42/h1-40H. The molecule has 2 heteroatoms. The van der Waals surface area contributed by atoms with E-state index < -0.39 is 0 Å². The molecular formula is C60H40N2. The molecule has 12 rings (SSSR count). The Hall–Kier alpha value is -8.20. The van der Waals surface area contributed by atoms with Crippen LogP contribution >= 0.6 is 0 Å². The van der Waals surface area contributed by atoms with E-state index in [1.54, 1.807) is 0 Å². The van der Waals surface area contributed by atoms with Crippen molar-refractivity contribution in [2.45, 2.75) is 0 Å². The highest BCUT2D eigenvalue weighted by Crippen LogP contribution is 2.40. The molecule has 10 aromatic carbocycles. The highest BCUT2D eigenvalue weighted by Gasteiger charge is 2.17. The van der Waals surface area contributed by atoms with Gasteiger partial charge in [-0.1, -0.05) is 182 Å². The van der Waals surface area contributed by atoms with Gasteiger partial charge in [0, 0.05) is 32.9 Å². The van der Waals surface area contributed by atoms with Crippen LogP contribution in [0.15, 0.2) is 243 Å². The summed E-state index contributed by atoms with van der Waals surface area (Å²) in [4.78, 5) is 0. The Kier molecular flexibility index (Phi) is 8.53. The monoisotopic (exact) mass is 788 g/mol. The maximum Gasteiger partial charge on any atom is 0.0547 e. The summed E-state index contributed by atoms with van der Waals surface area (Å²) >= 11 is 0. The molecule has 0 saturated carbocycles. The van der Waals surface area contributed by atoms with E-state index in [1.807, 2.05) is 0 Å². The highest BCUT2D eigenvalue weighted by molar-refractivity contribution is 6.13. The summed E-state index contributed by atoms with van der Waals surface area (Å²) < 4.78 is 4.83. The Labute approximate surface area is 360 Å². The number of fused-ring (bicyclic) bond motifs is 6. The lowest BCUT2D eigenvalue weighted by Gasteiger charge is -2.11. The lowest BCUT2D eigenvalue weighted by Crippen LogP contribution is -1.94. The van der Waals surface area contributed by atoms with Crippen LogP contribution in [0.1, 0.15) is 0 Å². The van der Waals surface area contributed by atoms with Gasteiger partial charge in [0.1, 0.15) is 0 Å². The first-order valence-corrected chi connectivity index (χ1v) is 21.3. The zero-order chi connectivity index (χ0) is 41.0. The SMILES string of the molecule is c1ccc(-c2ccc(-c3ccc(-n4c5ccc(-c6ccc7c(c6)c6ccccc6n7-c6ccc(-c7ccccc7)cc6)cc5c5ccc(-c6ccccc6)cc54)cc3)cc2)cc1. The van der Waals surface area contributed by atoms with Crippen molar-refractivity contribution in [1.29, 1.82) is 0 Å². The first-order valence-electron chi connectivity index (χ1n) is 21.3. The molecule has 0 aliphatic rings. The van der Waals surface area contributed by atoms with Crippen molar-refractivity contribution < 1.29 is 0 Å². The largest absolute Gasteiger partial charge is 0.309 e. The third kappa shape index (κ3) is 6.12. The quantitative estimate of drug-likeness (QED) is 0.152. The lowest BCUT2D eigenvalue weighted by molar-refractivity contribution is 1.18. The summed E-state index contributed by atoms with van der Waals surface area (Å²) in [5.41, 5.74) is 19.2. The summed E-state index contributed by atoms with van der Waals surface area (Å²) in [6.45, 7) is 0. The first-order chi connectivity index (χ1) is 30.7. The predicted molar refractivity (Wildman–Crippen MR) is 262 cm³/mol. The molecule has 290 valence electrons. The van der Waals surface area contributed by atoms with Crippen LogP contribution in [0.2, 0.25) is 0 Å².